The zero-order chi connectivity index (χ0) is 18.6. The van der Waals surface area contributed by atoms with Gasteiger partial charge in [-0.05, 0) is 49.4 Å². The van der Waals surface area contributed by atoms with Gasteiger partial charge >= 0.3 is 0 Å². The Bertz CT molecular complexity index is 853. The van der Waals surface area contributed by atoms with E-state index in [0.717, 1.165) is 10.6 Å². The summed E-state index contributed by atoms with van der Waals surface area (Å²) >= 11 is 5.88. The first-order valence-electron chi connectivity index (χ1n) is 7.44. The number of rotatable bonds is 6. The minimum Gasteiger partial charge on any atom is -0.481 e. The normalized spacial score (nSPS) is 12.3. The summed E-state index contributed by atoms with van der Waals surface area (Å²) in [6, 6.07) is 13.3. The molecule has 0 bridgehead atoms. The van der Waals surface area contributed by atoms with E-state index in [4.69, 9.17) is 16.3 Å². The van der Waals surface area contributed by atoms with Crippen LogP contribution in [-0.4, -0.2) is 33.7 Å². The topological polar surface area (TPSA) is 75.7 Å². The number of ether oxygens (including phenoxy) is 1. The number of halogens is 1. The van der Waals surface area contributed by atoms with Crippen molar-refractivity contribution >= 4 is 38.9 Å². The van der Waals surface area contributed by atoms with Crippen molar-refractivity contribution in [2.24, 2.45) is 0 Å². The van der Waals surface area contributed by atoms with Crippen molar-refractivity contribution in [2.45, 2.75) is 13.0 Å². The number of nitrogens with zero attached hydrogens (tertiary/aromatic N) is 1. The summed E-state index contributed by atoms with van der Waals surface area (Å²) in [6.07, 6.45) is 0.386. The molecule has 1 amide bonds. The van der Waals surface area contributed by atoms with E-state index < -0.39 is 16.1 Å². The molecule has 6 nitrogen and oxygen atoms in total. The van der Waals surface area contributed by atoms with E-state index in [2.05, 4.69) is 5.32 Å². The summed E-state index contributed by atoms with van der Waals surface area (Å²) in [5.74, 6) is 0.138. The molecule has 8 heteroatoms. The van der Waals surface area contributed by atoms with Gasteiger partial charge in [-0.2, -0.15) is 0 Å². The minimum atomic E-state index is -3.33. The van der Waals surface area contributed by atoms with Gasteiger partial charge in [0.05, 0.1) is 11.9 Å². The molecule has 0 unspecified atom stereocenters. The second-order valence-electron chi connectivity index (χ2n) is 5.48. The standard InChI is InChI=1S/C17H19ClN2O4S/c1-12(17(21)19-14-6-4-5-13(18)11-14)24-16-9-7-15(8-10-16)20(2)25(3,22)23/h4-12H,1-3H3,(H,19,21)/t12-/m1/s1. The van der Waals surface area contributed by atoms with Gasteiger partial charge in [-0.15, -0.1) is 0 Å². The number of anilines is 2. The van der Waals surface area contributed by atoms with Crippen molar-refractivity contribution in [3.05, 3.63) is 53.6 Å². The highest BCUT2D eigenvalue weighted by Gasteiger charge is 2.16. The molecule has 2 rings (SSSR count). The first kappa shape index (κ1) is 19.1. The predicted octanol–water partition coefficient (Wildman–Crippen LogP) is 3.14. The second-order valence-corrected chi connectivity index (χ2v) is 7.93. The summed E-state index contributed by atoms with van der Waals surface area (Å²) in [6.45, 7) is 1.62. The molecule has 2 aromatic carbocycles. The maximum atomic E-state index is 12.2. The van der Waals surface area contributed by atoms with E-state index in [1.54, 1.807) is 55.5 Å². The van der Waals surface area contributed by atoms with Crippen LogP contribution in [0, 0.1) is 0 Å². The van der Waals surface area contributed by atoms with Gasteiger partial charge < -0.3 is 10.1 Å². The van der Waals surface area contributed by atoms with Crippen molar-refractivity contribution < 1.29 is 17.9 Å². The number of amides is 1. The highest BCUT2D eigenvalue weighted by Crippen LogP contribution is 2.21. The Morgan fingerprint density at radius 2 is 1.84 bits per heavy atom. The van der Waals surface area contributed by atoms with Crippen LogP contribution in [0.2, 0.25) is 5.02 Å². The van der Waals surface area contributed by atoms with Crippen molar-refractivity contribution in [2.75, 3.05) is 22.9 Å². The summed E-state index contributed by atoms with van der Waals surface area (Å²) in [5, 5.41) is 3.24. The molecule has 0 fully saturated rings. The predicted molar refractivity (Wildman–Crippen MR) is 99.9 cm³/mol. The van der Waals surface area contributed by atoms with E-state index in [1.807, 2.05) is 0 Å². The Balaban J connectivity index is 2.00. The Morgan fingerprint density at radius 1 is 1.20 bits per heavy atom. The van der Waals surface area contributed by atoms with Crippen molar-refractivity contribution in [1.29, 1.82) is 0 Å². The summed E-state index contributed by atoms with van der Waals surface area (Å²) in [7, 11) is -1.86. The minimum absolute atomic E-state index is 0.320. The maximum Gasteiger partial charge on any atom is 0.265 e. The molecule has 0 saturated carbocycles. The summed E-state index contributed by atoms with van der Waals surface area (Å²) < 4.78 is 29.8. The molecule has 0 heterocycles. The Morgan fingerprint density at radius 3 is 2.40 bits per heavy atom. The fourth-order valence-corrected chi connectivity index (χ4v) is 2.69. The van der Waals surface area contributed by atoms with Crippen LogP contribution in [0.5, 0.6) is 5.75 Å². The average Bonchev–Trinajstić information content (AvgIpc) is 2.54. The third-order valence-corrected chi connectivity index (χ3v) is 4.91. The fourth-order valence-electron chi connectivity index (χ4n) is 1.99. The van der Waals surface area contributed by atoms with Crippen LogP contribution in [0.25, 0.3) is 0 Å². The van der Waals surface area contributed by atoms with Crippen LogP contribution in [0.15, 0.2) is 48.5 Å². The second kappa shape index (κ2) is 7.76. The van der Waals surface area contributed by atoms with E-state index in [9.17, 15) is 13.2 Å². The molecule has 134 valence electrons. The highest BCUT2D eigenvalue weighted by molar-refractivity contribution is 7.92. The van der Waals surface area contributed by atoms with Crippen molar-refractivity contribution in [3.8, 4) is 5.75 Å². The molecule has 0 aliphatic rings. The van der Waals surface area contributed by atoms with E-state index in [0.29, 0.717) is 22.1 Å². The zero-order valence-corrected chi connectivity index (χ0v) is 15.6. The van der Waals surface area contributed by atoms with Crippen molar-refractivity contribution in [3.63, 3.8) is 0 Å². The van der Waals surface area contributed by atoms with Gasteiger partial charge in [0.1, 0.15) is 5.75 Å². The van der Waals surface area contributed by atoms with E-state index in [-0.39, 0.29) is 5.91 Å². The van der Waals surface area contributed by atoms with E-state index in [1.165, 1.54) is 7.05 Å². The summed E-state index contributed by atoms with van der Waals surface area (Å²) in [5.41, 5.74) is 1.09. The average molecular weight is 383 g/mol. The SMILES string of the molecule is C[C@@H](Oc1ccc(N(C)S(C)(=O)=O)cc1)C(=O)Nc1cccc(Cl)c1. The Labute approximate surface area is 152 Å². The summed E-state index contributed by atoms with van der Waals surface area (Å²) in [4.78, 5) is 12.2. The lowest BCUT2D eigenvalue weighted by molar-refractivity contribution is -0.122. The van der Waals surface area contributed by atoms with Crippen LogP contribution < -0.4 is 14.4 Å². The Kier molecular flexibility index (Phi) is 5.92. The quantitative estimate of drug-likeness (QED) is 0.832. The van der Waals surface area contributed by atoms with Gasteiger partial charge in [0.25, 0.3) is 5.91 Å². The zero-order valence-electron chi connectivity index (χ0n) is 14.1. The number of carbonyl (C=O) groups is 1. The number of benzene rings is 2. The largest absolute Gasteiger partial charge is 0.481 e. The van der Waals surface area contributed by atoms with Crippen LogP contribution in [0.1, 0.15) is 6.92 Å². The van der Waals surface area contributed by atoms with Gasteiger partial charge in [-0.25, -0.2) is 8.42 Å². The number of carbonyl (C=O) groups excluding carboxylic acids is 1. The molecular formula is C17H19ClN2O4S. The van der Waals surface area contributed by atoms with E-state index >= 15 is 0 Å². The van der Waals surface area contributed by atoms with Gasteiger partial charge in [0.2, 0.25) is 10.0 Å². The van der Waals surface area contributed by atoms with Gasteiger partial charge in [-0.3, -0.25) is 9.10 Å². The number of hydrogen-bond acceptors (Lipinski definition) is 4. The van der Waals surface area contributed by atoms with Gasteiger partial charge in [0.15, 0.2) is 6.10 Å². The molecule has 0 saturated heterocycles. The fraction of sp³-hybridized carbons (Fsp3) is 0.235. The van der Waals surface area contributed by atoms with Crippen LogP contribution in [0.3, 0.4) is 0 Å². The lowest BCUT2D eigenvalue weighted by Gasteiger charge is -2.18. The molecule has 1 atom stereocenters. The lowest BCUT2D eigenvalue weighted by atomic mass is 10.3. The molecule has 1 N–H and O–H groups in total. The third kappa shape index (κ3) is 5.37. The van der Waals surface area contributed by atoms with Crippen LogP contribution in [-0.2, 0) is 14.8 Å². The van der Waals surface area contributed by atoms with Crippen LogP contribution in [0.4, 0.5) is 11.4 Å². The molecule has 25 heavy (non-hydrogen) atoms. The number of sulfonamides is 1. The molecule has 0 spiro atoms. The lowest BCUT2D eigenvalue weighted by Crippen LogP contribution is -2.30. The highest BCUT2D eigenvalue weighted by atomic mass is 35.5. The first-order valence-corrected chi connectivity index (χ1v) is 9.66. The number of hydrogen-bond donors (Lipinski definition) is 1. The van der Waals surface area contributed by atoms with Gasteiger partial charge in [-0.1, -0.05) is 17.7 Å². The molecule has 0 aliphatic heterocycles. The van der Waals surface area contributed by atoms with Crippen molar-refractivity contribution in [1.82, 2.24) is 0 Å². The Hall–Kier alpha value is -2.25. The third-order valence-electron chi connectivity index (χ3n) is 3.47. The monoisotopic (exact) mass is 382 g/mol. The van der Waals surface area contributed by atoms with Crippen LogP contribution >= 0.6 is 11.6 Å². The molecule has 0 aromatic heterocycles. The molecule has 2 aromatic rings. The first-order chi connectivity index (χ1) is 11.7. The molecule has 0 aliphatic carbocycles. The smallest absolute Gasteiger partial charge is 0.265 e. The van der Waals surface area contributed by atoms with Gasteiger partial charge in [0, 0.05) is 17.8 Å². The molecular weight excluding hydrogens is 364 g/mol. The maximum absolute atomic E-state index is 12.2. The number of nitrogens with one attached hydrogen (secondary N) is 1. The molecule has 0 radical (unpaired) electrons.